The van der Waals surface area contributed by atoms with Gasteiger partial charge in [-0.05, 0) is 16.7 Å². The molecule has 0 radical (unpaired) electrons. The average Bonchev–Trinajstić information content (AvgIpc) is 2.97. The van der Waals surface area contributed by atoms with Gasteiger partial charge in [0, 0.05) is 33.6 Å². The highest BCUT2D eigenvalue weighted by molar-refractivity contribution is 5.83. The first-order chi connectivity index (χ1) is 20.1. The predicted octanol–water partition coefficient (Wildman–Crippen LogP) is 4.50. The third-order valence-electron chi connectivity index (χ3n) is 7.18. The van der Waals surface area contributed by atoms with Crippen LogP contribution >= 0.6 is 0 Å². The zero-order valence-electron chi connectivity index (χ0n) is 24.0. The number of hydrogen-bond donors (Lipinski definition) is 0. The van der Waals surface area contributed by atoms with Gasteiger partial charge in [-0.1, -0.05) is 91.0 Å². The molecule has 3 aromatic rings. The molecule has 1 saturated carbocycles. The maximum atomic E-state index is 13.3. The molecule has 9 nitrogen and oxygen atoms in total. The second-order valence-corrected chi connectivity index (χ2v) is 10.1. The number of esters is 4. The first kappa shape index (κ1) is 30.5. The van der Waals surface area contributed by atoms with Gasteiger partial charge in [0.05, 0.1) is 7.11 Å². The highest BCUT2D eigenvalue weighted by Gasteiger charge is 2.58. The van der Waals surface area contributed by atoms with Crippen LogP contribution in [-0.2, 0) is 48.5 Å². The summed E-state index contributed by atoms with van der Waals surface area (Å²) >= 11 is 0. The van der Waals surface area contributed by atoms with Gasteiger partial charge in [0.25, 0.3) is 0 Å². The average molecular weight is 575 g/mol. The Balaban J connectivity index is 1.99. The lowest BCUT2D eigenvalue weighted by molar-refractivity contribution is -0.231. The van der Waals surface area contributed by atoms with Crippen molar-refractivity contribution in [2.45, 2.75) is 63.1 Å². The highest BCUT2D eigenvalue weighted by Crippen LogP contribution is 2.46. The van der Waals surface area contributed by atoms with Gasteiger partial charge in [-0.25, -0.2) is 4.79 Å². The highest BCUT2D eigenvalue weighted by atomic mass is 16.6. The fourth-order valence-electron chi connectivity index (χ4n) is 5.68. The van der Waals surface area contributed by atoms with Crippen molar-refractivity contribution in [1.29, 1.82) is 0 Å². The van der Waals surface area contributed by atoms with Crippen LogP contribution in [0.25, 0.3) is 0 Å². The van der Waals surface area contributed by atoms with E-state index in [4.69, 9.17) is 23.7 Å². The van der Waals surface area contributed by atoms with Gasteiger partial charge in [-0.2, -0.15) is 0 Å². The molecule has 3 aromatic carbocycles. The van der Waals surface area contributed by atoms with E-state index in [1.807, 2.05) is 91.0 Å². The van der Waals surface area contributed by atoms with Gasteiger partial charge >= 0.3 is 23.9 Å². The van der Waals surface area contributed by atoms with Crippen LogP contribution in [0, 0.1) is 0 Å². The number of ether oxygens (including phenoxy) is 5. The quantitative estimate of drug-likeness (QED) is 0.207. The van der Waals surface area contributed by atoms with Crippen LogP contribution in [0.5, 0.6) is 0 Å². The van der Waals surface area contributed by atoms with E-state index < -0.39 is 53.4 Å². The van der Waals surface area contributed by atoms with E-state index in [2.05, 4.69) is 0 Å². The van der Waals surface area contributed by atoms with Crippen molar-refractivity contribution in [3.8, 4) is 0 Å². The molecule has 1 aliphatic carbocycles. The van der Waals surface area contributed by atoms with Crippen LogP contribution in [0.15, 0.2) is 91.0 Å². The van der Waals surface area contributed by atoms with Crippen LogP contribution in [0.4, 0.5) is 0 Å². The number of methoxy groups -OCH3 is 1. The van der Waals surface area contributed by atoms with Crippen molar-refractivity contribution >= 4 is 23.9 Å². The predicted molar refractivity (Wildman–Crippen MR) is 151 cm³/mol. The number of benzene rings is 3. The lowest BCUT2D eigenvalue weighted by Crippen LogP contribution is -2.61. The van der Waals surface area contributed by atoms with Gasteiger partial charge in [0.1, 0.15) is 17.8 Å². The standard InChI is InChI=1S/C33H34O9/c1-22(34)39-28-20-32(31(37)38-4,41-24(3)36)21-29(30(28)40-23(2)35)42-33(25-14-8-5-9-15-25,26-16-10-6-11-17-26)27-18-12-7-13-19-27/h5-19,28-30H,20-21H2,1-4H3/t28-,29-,30+,32-/m1/s1. The normalized spacial score (nSPS) is 22.0. The Hall–Kier alpha value is -4.50. The van der Waals surface area contributed by atoms with Crippen LogP contribution in [0.2, 0.25) is 0 Å². The van der Waals surface area contributed by atoms with Crippen molar-refractivity contribution in [2.75, 3.05) is 7.11 Å². The minimum atomic E-state index is -1.89. The monoisotopic (exact) mass is 574 g/mol. The molecular formula is C33H34O9. The second-order valence-electron chi connectivity index (χ2n) is 10.1. The fraction of sp³-hybridized carbons (Fsp3) is 0.333. The Morgan fingerprint density at radius 3 is 1.45 bits per heavy atom. The maximum absolute atomic E-state index is 13.3. The topological polar surface area (TPSA) is 114 Å². The minimum absolute atomic E-state index is 0.247. The molecule has 9 heteroatoms. The van der Waals surface area contributed by atoms with Gasteiger partial charge in [0.2, 0.25) is 5.60 Å². The molecule has 0 unspecified atom stereocenters. The summed E-state index contributed by atoms with van der Waals surface area (Å²) in [7, 11) is 1.17. The molecule has 0 N–H and O–H groups in total. The Kier molecular flexibility index (Phi) is 9.42. The summed E-state index contributed by atoms with van der Waals surface area (Å²) in [5.74, 6) is -2.92. The number of carbonyl (C=O) groups is 4. The van der Waals surface area contributed by atoms with E-state index in [9.17, 15) is 19.2 Å². The Morgan fingerprint density at radius 2 is 1.07 bits per heavy atom. The molecule has 0 heterocycles. The van der Waals surface area contributed by atoms with Crippen LogP contribution in [0.3, 0.4) is 0 Å². The summed E-state index contributed by atoms with van der Waals surface area (Å²) in [5.41, 5.74) is -0.958. The lowest BCUT2D eigenvalue weighted by atomic mass is 9.76. The molecule has 0 aromatic heterocycles. The molecule has 220 valence electrons. The first-order valence-electron chi connectivity index (χ1n) is 13.6. The number of hydrogen-bond acceptors (Lipinski definition) is 9. The Labute approximate surface area is 244 Å². The molecule has 0 amide bonds. The molecule has 1 fully saturated rings. The van der Waals surface area contributed by atoms with Crippen molar-refractivity contribution < 1.29 is 42.9 Å². The zero-order chi connectivity index (χ0) is 30.3. The summed E-state index contributed by atoms with van der Waals surface area (Å²) in [6.07, 6.45) is -4.04. The van der Waals surface area contributed by atoms with Crippen LogP contribution in [0.1, 0.15) is 50.3 Å². The lowest BCUT2D eigenvalue weighted by Gasteiger charge is -2.48. The summed E-state index contributed by atoms with van der Waals surface area (Å²) in [6, 6.07) is 28.4. The van der Waals surface area contributed by atoms with Gasteiger partial charge in [0.15, 0.2) is 6.10 Å². The van der Waals surface area contributed by atoms with E-state index in [1.54, 1.807) is 0 Å². The van der Waals surface area contributed by atoms with Crippen LogP contribution < -0.4 is 0 Å². The first-order valence-corrected chi connectivity index (χ1v) is 13.6. The molecular weight excluding hydrogens is 540 g/mol. The van der Waals surface area contributed by atoms with Crippen molar-refractivity contribution in [1.82, 2.24) is 0 Å². The molecule has 4 rings (SSSR count). The molecule has 0 spiro atoms. The molecule has 0 aliphatic heterocycles. The Morgan fingerprint density at radius 1 is 0.643 bits per heavy atom. The smallest absolute Gasteiger partial charge is 0.350 e. The third kappa shape index (κ3) is 6.36. The molecule has 0 bridgehead atoms. The molecule has 4 atom stereocenters. The minimum Gasteiger partial charge on any atom is -0.466 e. The van der Waals surface area contributed by atoms with Gasteiger partial charge in [-0.15, -0.1) is 0 Å². The third-order valence-corrected chi connectivity index (χ3v) is 7.18. The van der Waals surface area contributed by atoms with Crippen molar-refractivity contribution in [3.05, 3.63) is 108 Å². The van der Waals surface area contributed by atoms with E-state index in [1.165, 1.54) is 27.9 Å². The second kappa shape index (κ2) is 13.0. The Bertz CT molecular complexity index is 1290. The summed E-state index contributed by atoms with van der Waals surface area (Å²) in [6.45, 7) is 3.60. The largest absolute Gasteiger partial charge is 0.466 e. The van der Waals surface area contributed by atoms with Crippen LogP contribution in [-0.4, -0.2) is 54.9 Å². The summed E-state index contributed by atoms with van der Waals surface area (Å²) in [5, 5.41) is 0. The summed E-state index contributed by atoms with van der Waals surface area (Å²) < 4.78 is 29.2. The van der Waals surface area contributed by atoms with Crippen molar-refractivity contribution in [3.63, 3.8) is 0 Å². The van der Waals surface area contributed by atoms with Crippen molar-refractivity contribution in [2.24, 2.45) is 0 Å². The van der Waals surface area contributed by atoms with E-state index >= 15 is 0 Å². The van der Waals surface area contributed by atoms with Gasteiger partial charge in [-0.3, -0.25) is 14.4 Å². The number of carbonyl (C=O) groups excluding carboxylic acids is 4. The van der Waals surface area contributed by atoms with Gasteiger partial charge < -0.3 is 23.7 Å². The van der Waals surface area contributed by atoms with E-state index in [-0.39, 0.29) is 12.8 Å². The van der Waals surface area contributed by atoms with E-state index in [0.29, 0.717) is 0 Å². The molecule has 42 heavy (non-hydrogen) atoms. The molecule has 0 saturated heterocycles. The SMILES string of the molecule is COC(=O)[C@@]1(OC(C)=O)C[C@@H](OC(C)=O)[C@H](OC(C)=O)[C@H](OC(c2ccccc2)(c2ccccc2)c2ccccc2)C1. The maximum Gasteiger partial charge on any atom is 0.350 e. The zero-order valence-corrected chi connectivity index (χ0v) is 24.0. The molecule has 1 aliphatic rings. The number of rotatable bonds is 9. The fourth-order valence-corrected chi connectivity index (χ4v) is 5.68. The summed E-state index contributed by atoms with van der Waals surface area (Å²) in [4.78, 5) is 50.3. The van der Waals surface area contributed by atoms with E-state index in [0.717, 1.165) is 16.7 Å².